The van der Waals surface area contributed by atoms with E-state index in [1.54, 1.807) is 0 Å². The van der Waals surface area contributed by atoms with Gasteiger partial charge in [0, 0.05) is 6.07 Å². The maximum Gasteiger partial charge on any atom is 0.339 e. The zero-order valence-corrected chi connectivity index (χ0v) is 10.1. The Morgan fingerprint density at radius 3 is 2.53 bits per heavy atom. The third-order valence-electron chi connectivity index (χ3n) is 2.31. The van der Waals surface area contributed by atoms with Crippen LogP contribution in [-0.2, 0) is 0 Å². The maximum atomic E-state index is 13.6. The Labute approximate surface area is 112 Å². The highest BCUT2D eigenvalue weighted by molar-refractivity contribution is 6.30. The summed E-state index contributed by atoms with van der Waals surface area (Å²) in [4.78, 5) is 11.0. The normalized spacial score (nSPS) is 10.3. The fraction of sp³-hybridized carbons (Fsp3) is 0. The minimum absolute atomic E-state index is 0.0407. The SMILES string of the molecule is O=C(O)c1cccc(F)c1Oc1ccc(F)c(Cl)c1. The number of hydrogen-bond donors (Lipinski definition) is 1. The molecule has 0 heterocycles. The molecule has 0 aliphatic heterocycles. The molecular formula is C13H7ClF2O3. The summed E-state index contributed by atoms with van der Waals surface area (Å²) in [6, 6.07) is 6.91. The van der Waals surface area contributed by atoms with Crippen molar-refractivity contribution >= 4 is 17.6 Å². The molecule has 0 aliphatic carbocycles. The number of carboxylic acids is 1. The first kappa shape index (κ1) is 13.3. The third-order valence-corrected chi connectivity index (χ3v) is 2.60. The summed E-state index contributed by atoms with van der Waals surface area (Å²) in [6.07, 6.45) is 0. The quantitative estimate of drug-likeness (QED) is 0.922. The van der Waals surface area contributed by atoms with Crippen LogP contribution in [0.2, 0.25) is 5.02 Å². The summed E-state index contributed by atoms with van der Waals surface area (Å²) in [6.45, 7) is 0. The first-order chi connectivity index (χ1) is 8.99. The molecule has 0 fully saturated rings. The number of rotatable bonds is 3. The first-order valence-corrected chi connectivity index (χ1v) is 5.51. The Bertz CT molecular complexity index is 644. The second-order valence-electron chi connectivity index (χ2n) is 3.60. The van der Waals surface area contributed by atoms with E-state index in [0.717, 1.165) is 18.2 Å². The van der Waals surface area contributed by atoms with Crippen molar-refractivity contribution in [2.45, 2.75) is 0 Å². The molecule has 0 atom stereocenters. The number of carboxylic acid groups (broad SMARTS) is 1. The minimum Gasteiger partial charge on any atom is -0.478 e. The van der Waals surface area contributed by atoms with Gasteiger partial charge < -0.3 is 9.84 Å². The van der Waals surface area contributed by atoms with E-state index in [1.807, 2.05) is 0 Å². The Hall–Kier alpha value is -2.14. The van der Waals surface area contributed by atoms with Crippen LogP contribution in [0, 0.1) is 11.6 Å². The summed E-state index contributed by atoms with van der Waals surface area (Å²) in [5, 5.41) is 8.73. The van der Waals surface area contributed by atoms with Crippen molar-refractivity contribution in [2.75, 3.05) is 0 Å². The van der Waals surface area contributed by atoms with E-state index in [2.05, 4.69) is 0 Å². The van der Waals surface area contributed by atoms with Crippen molar-refractivity contribution in [3.63, 3.8) is 0 Å². The standard InChI is InChI=1S/C13H7ClF2O3/c14-9-6-7(4-5-10(9)15)19-12-8(13(17)18)2-1-3-11(12)16/h1-6H,(H,17,18). The van der Waals surface area contributed by atoms with Crippen molar-refractivity contribution in [3.05, 3.63) is 58.6 Å². The molecule has 2 rings (SSSR count). The zero-order chi connectivity index (χ0) is 14.0. The zero-order valence-electron chi connectivity index (χ0n) is 9.36. The van der Waals surface area contributed by atoms with Gasteiger partial charge in [0.15, 0.2) is 11.6 Å². The molecule has 0 saturated heterocycles. The average molecular weight is 285 g/mol. The van der Waals surface area contributed by atoms with Crippen LogP contribution < -0.4 is 4.74 Å². The van der Waals surface area contributed by atoms with Gasteiger partial charge in [-0.05, 0) is 24.3 Å². The van der Waals surface area contributed by atoms with Gasteiger partial charge in [-0.2, -0.15) is 0 Å². The lowest BCUT2D eigenvalue weighted by atomic mass is 10.2. The van der Waals surface area contributed by atoms with Crippen LogP contribution in [0.1, 0.15) is 10.4 Å². The molecule has 0 amide bonds. The van der Waals surface area contributed by atoms with E-state index in [-0.39, 0.29) is 16.3 Å². The predicted molar refractivity (Wildman–Crippen MR) is 64.8 cm³/mol. The Morgan fingerprint density at radius 1 is 1.16 bits per heavy atom. The van der Waals surface area contributed by atoms with Crippen LogP contribution in [0.3, 0.4) is 0 Å². The Morgan fingerprint density at radius 2 is 1.89 bits per heavy atom. The Kier molecular flexibility index (Phi) is 3.66. The summed E-state index contributed by atoms with van der Waals surface area (Å²) >= 11 is 5.56. The topological polar surface area (TPSA) is 46.5 Å². The molecule has 0 radical (unpaired) electrons. The highest BCUT2D eigenvalue weighted by Crippen LogP contribution is 2.30. The summed E-state index contributed by atoms with van der Waals surface area (Å²) in [5.74, 6) is -3.22. The molecule has 6 heteroatoms. The maximum absolute atomic E-state index is 13.6. The van der Waals surface area contributed by atoms with E-state index in [0.29, 0.717) is 0 Å². The van der Waals surface area contributed by atoms with E-state index in [1.165, 1.54) is 18.2 Å². The fourth-order valence-corrected chi connectivity index (χ4v) is 1.61. The van der Waals surface area contributed by atoms with Gasteiger partial charge in [-0.1, -0.05) is 17.7 Å². The van der Waals surface area contributed by atoms with Gasteiger partial charge in [-0.25, -0.2) is 13.6 Å². The molecule has 98 valence electrons. The van der Waals surface area contributed by atoms with Crippen LogP contribution in [0.4, 0.5) is 8.78 Å². The average Bonchev–Trinajstić information content (AvgIpc) is 2.36. The number of para-hydroxylation sites is 1. The lowest BCUT2D eigenvalue weighted by Crippen LogP contribution is -2.02. The molecule has 2 aromatic rings. The molecule has 19 heavy (non-hydrogen) atoms. The van der Waals surface area contributed by atoms with Gasteiger partial charge >= 0.3 is 5.97 Å². The van der Waals surface area contributed by atoms with E-state index in [9.17, 15) is 13.6 Å². The fourth-order valence-electron chi connectivity index (χ4n) is 1.44. The highest BCUT2D eigenvalue weighted by atomic mass is 35.5. The molecule has 0 unspecified atom stereocenters. The van der Waals surface area contributed by atoms with Gasteiger partial charge in [-0.15, -0.1) is 0 Å². The molecule has 0 spiro atoms. The second-order valence-corrected chi connectivity index (χ2v) is 4.01. The molecule has 2 aromatic carbocycles. The molecule has 0 aliphatic rings. The highest BCUT2D eigenvalue weighted by Gasteiger charge is 2.16. The largest absolute Gasteiger partial charge is 0.478 e. The van der Waals surface area contributed by atoms with Crippen molar-refractivity contribution in [3.8, 4) is 11.5 Å². The van der Waals surface area contributed by atoms with Crippen LogP contribution >= 0.6 is 11.6 Å². The number of hydrogen-bond acceptors (Lipinski definition) is 2. The van der Waals surface area contributed by atoms with Crippen molar-refractivity contribution in [2.24, 2.45) is 0 Å². The smallest absolute Gasteiger partial charge is 0.339 e. The number of halogens is 3. The summed E-state index contributed by atoms with van der Waals surface area (Å²) < 4.78 is 31.7. The van der Waals surface area contributed by atoms with Crippen molar-refractivity contribution in [1.29, 1.82) is 0 Å². The third kappa shape index (κ3) is 2.82. The Balaban J connectivity index is 2.42. The van der Waals surface area contributed by atoms with Gasteiger partial charge in [0.1, 0.15) is 17.1 Å². The van der Waals surface area contributed by atoms with E-state index in [4.69, 9.17) is 21.4 Å². The molecule has 0 saturated carbocycles. The number of carbonyl (C=O) groups is 1. The first-order valence-electron chi connectivity index (χ1n) is 5.13. The van der Waals surface area contributed by atoms with Gasteiger partial charge in [0.25, 0.3) is 0 Å². The van der Waals surface area contributed by atoms with Crippen molar-refractivity contribution < 1.29 is 23.4 Å². The van der Waals surface area contributed by atoms with E-state index >= 15 is 0 Å². The molecule has 1 N–H and O–H groups in total. The molecule has 0 bridgehead atoms. The lowest BCUT2D eigenvalue weighted by Gasteiger charge is -2.10. The molecule has 3 nitrogen and oxygen atoms in total. The van der Waals surface area contributed by atoms with E-state index < -0.39 is 23.4 Å². The minimum atomic E-state index is -1.33. The summed E-state index contributed by atoms with van der Waals surface area (Å²) in [7, 11) is 0. The molecular weight excluding hydrogens is 278 g/mol. The number of benzene rings is 2. The predicted octanol–water partition coefficient (Wildman–Crippen LogP) is 4.11. The monoisotopic (exact) mass is 284 g/mol. The summed E-state index contributed by atoms with van der Waals surface area (Å²) in [5.41, 5.74) is -0.333. The number of aromatic carboxylic acids is 1. The van der Waals surface area contributed by atoms with Gasteiger partial charge in [-0.3, -0.25) is 0 Å². The van der Waals surface area contributed by atoms with Gasteiger partial charge in [0.05, 0.1) is 5.02 Å². The van der Waals surface area contributed by atoms with Crippen molar-refractivity contribution in [1.82, 2.24) is 0 Å². The lowest BCUT2D eigenvalue weighted by molar-refractivity contribution is 0.0693. The van der Waals surface area contributed by atoms with Crippen LogP contribution in [0.5, 0.6) is 11.5 Å². The van der Waals surface area contributed by atoms with Crippen LogP contribution in [0.15, 0.2) is 36.4 Å². The number of ether oxygens (including phenoxy) is 1. The van der Waals surface area contributed by atoms with Gasteiger partial charge in [0.2, 0.25) is 0 Å². The molecule has 0 aromatic heterocycles. The van der Waals surface area contributed by atoms with Crippen LogP contribution in [-0.4, -0.2) is 11.1 Å². The van der Waals surface area contributed by atoms with Crippen LogP contribution in [0.25, 0.3) is 0 Å². The second kappa shape index (κ2) is 5.24.